The van der Waals surface area contributed by atoms with Gasteiger partial charge in [-0.1, -0.05) is 0 Å². The number of piperidine rings is 2. The van der Waals surface area contributed by atoms with Gasteiger partial charge in [-0.25, -0.2) is 0 Å². The molecular formula is C26H37N7O5. The van der Waals surface area contributed by atoms with Crippen LogP contribution in [0.3, 0.4) is 0 Å². The van der Waals surface area contributed by atoms with E-state index in [-0.39, 0.29) is 30.2 Å². The first-order valence-corrected chi connectivity index (χ1v) is 13.1. The van der Waals surface area contributed by atoms with E-state index in [2.05, 4.69) is 20.4 Å². The summed E-state index contributed by atoms with van der Waals surface area (Å²) in [6.45, 7) is 4.54. The summed E-state index contributed by atoms with van der Waals surface area (Å²) in [5.41, 5.74) is 2.32. The number of likely N-dealkylation sites (tertiary alicyclic amines) is 1. The highest BCUT2D eigenvalue weighted by molar-refractivity contribution is 6.02. The quantitative estimate of drug-likeness (QED) is 0.322. The van der Waals surface area contributed by atoms with Crippen molar-refractivity contribution < 1.29 is 24.0 Å². The van der Waals surface area contributed by atoms with Gasteiger partial charge in [0.25, 0.3) is 0 Å². The van der Waals surface area contributed by atoms with E-state index < -0.39 is 6.04 Å². The molecule has 12 nitrogen and oxygen atoms in total. The molecule has 0 saturated carbocycles. The van der Waals surface area contributed by atoms with E-state index >= 15 is 0 Å². The Morgan fingerprint density at radius 2 is 1.74 bits per heavy atom. The van der Waals surface area contributed by atoms with Crippen LogP contribution in [0, 0.1) is 0 Å². The van der Waals surface area contributed by atoms with Gasteiger partial charge >= 0.3 is 0 Å². The molecule has 5 amide bonds. The van der Waals surface area contributed by atoms with Crippen molar-refractivity contribution in [1.29, 1.82) is 0 Å². The highest BCUT2D eigenvalue weighted by Crippen LogP contribution is 2.34. The number of nitrogens with one attached hydrogen (secondary N) is 2. The largest absolute Gasteiger partial charge is 0.368 e. The van der Waals surface area contributed by atoms with Crippen LogP contribution in [0.4, 0.5) is 17.1 Å². The van der Waals surface area contributed by atoms with Crippen molar-refractivity contribution in [2.24, 2.45) is 0 Å². The Kier molecular flexibility index (Phi) is 8.82. The number of rotatable bonds is 9. The number of imide groups is 1. The number of hydrogen-bond donors (Lipinski definition) is 2. The number of carbonyl (C=O) groups excluding carboxylic acids is 5. The van der Waals surface area contributed by atoms with Gasteiger partial charge in [0.05, 0.1) is 17.9 Å². The molecule has 0 radical (unpaired) electrons. The lowest BCUT2D eigenvalue weighted by Crippen LogP contribution is -2.52. The minimum atomic E-state index is -0.501. The van der Waals surface area contributed by atoms with Gasteiger partial charge < -0.3 is 24.9 Å². The Balaban J connectivity index is 1.37. The lowest BCUT2D eigenvalue weighted by molar-refractivity contribution is -0.134. The van der Waals surface area contributed by atoms with Gasteiger partial charge in [-0.15, -0.1) is 0 Å². The van der Waals surface area contributed by atoms with E-state index in [4.69, 9.17) is 0 Å². The molecule has 206 valence electrons. The molecule has 38 heavy (non-hydrogen) atoms. The van der Waals surface area contributed by atoms with Crippen LogP contribution in [0.15, 0.2) is 18.2 Å². The standard InChI is InChI=1S/C26H37N7O5/c1-29(18-35)23-15-20(3-4-21(23)30(2)22-5-6-24(36)28-26(22)38)32-11-13-33(14-12-32)25(37)16-31-9-7-19(8-10-31)27-17-34/h3-4,15,17-19,22H,5-14,16H2,1-2H3,(H,27,34)(H,28,36,38). The molecule has 1 aromatic carbocycles. The molecule has 3 heterocycles. The number of piperazine rings is 1. The van der Waals surface area contributed by atoms with Crippen molar-refractivity contribution in [3.05, 3.63) is 18.2 Å². The summed E-state index contributed by atoms with van der Waals surface area (Å²) in [6.07, 6.45) is 3.87. The van der Waals surface area contributed by atoms with Crippen LogP contribution in [0.2, 0.25) is 0 Å². The van der Waals surface area contributed by atoms with Gasteiger partial charge in [0.15, 0.2) is 0 Å². The van der Waals surface area contributed by atoms with E-state index in [0.717, 1.165) is 50.1 Å². The highest BCUT2D eigenvalue weighted by atomic mass is 16.2. The summed E-state index contributed by atoms with van der Waals surface area (Å²) in [6, 6.07) is 5.49. The Bertz CT molecular complexity index is 1050. The van der Waals surface area contributed by atoms with Gasteiger partial charge in [-0.05, 0) is 37.5 Å². The molecule has 0 bridgehead atoms. The maximum atomic E-state index is 12.9. The Hall–Kier alpha value is -3.67. The molecule has 3 aliphatic heterocycles. The van der Waals surface area contributed by atoms with Gasteiger partial charge in [-0.2, -0.15) is 0 Å². The van der Waals surface area contributed by atoms with Crippen molar-refractivity contribution in [3.63, 3.8) is 0 Å². The SMILES string of the molecule is CN(C=O)c1cc(N2CCN(C(=O)CN3CCC(NC=O)CC3)CC2)ccc1N(C)C1CCC(=O)NC1=O. The number of likely N-dealkylation sites (N-methyl/N-ethyl adjacent to an activating group) is 1. The van der Waals surface area contributed by atoms with E-state index in [1.165, 1.54) is 4.90 Å². The van der Waals surface area contributed by atoms with Crippen LogP contribution in [-0.2, 0) is 24.0 Å². The van der Waals surface area contributed by atoms with Crippen molar-refractivity contribution in [1.82, 2.24) is 20.4 Å². The van der Waals surface area contributed by atoms with Crippen molar-refractivity contribution >= 4 is 47.6 Å². The summed E-state index contributed by atoms with van der Waals surface area (Å²) in [5, 5.41) is 5.21. The zero-order valence-electron chi connectivity index (χ0n) is 22.1. The van der Waals surface area contributed by atoms with Crippen LogP contribution in [0.1, 0.15) is 25.7 Å². The first-order valence-electron chi connectivity index (χ1n) is 13.1. The summed E-state index contributed by atoms with van der Waals surface area (Å²) in [5.74, 6) is -0.487. The van der Waals surface area contributed by atoms with E-state index in [1.807, 2.05) is 28.0 Å². The molecule has 3 aliphatic rings. The van der Waals surface area contributed by atoms with Crippen LogP contribution in [0.5, 0.6) is 0 Å². The monoisotopic (exact) mass is 527 g/mol. The van der Waals surface area contributed by atoms with Crippen LogP contribution in [-0.4, -0.2) is 112 Å². The second kappa shape index (κ2) is 12.2. The predicted octanol–water partition coefficient (Wildman–Crippen LogP) is -0.620. The van der Waals surface area contributed by atoms with Gasteiger partial charge in [0.2, 0.25) is 30.5 Å². The molecule has 2 N–H and O–H groups in total. The van der Waals surface area contributed by atoms with Gasteiger partial charge in [-0.3, -0.25) is 34.2 Å². The van der Waals surface area contributed by atoms with Crippen LogP contribution >= 0.6 is 0 Å². The number of nitrogens with zero attached hydrogens (tertiary/aromatic N) is 5. The normalized spacial score (nSPS) is 21.1. The molecule has 1 atom stereocenters. The number of hydrogen-bond acceptors (Lipinski definition) is 8. The molecule has 1 unspecified atom stereocenters. The number of amides is 5. The lowest BCUT2D eigenvalue weighted by atomic mass is 10.0. The third-order valence-electron chi connectivity index (χ3n) is 7.80. The minimum absolute atomic E-state index is 0.119. The molecule has 4 rings (SSSR count). The van der Waals surface area contributed by atoms with Gasteiger partial charge in [0.1, 0.15) is 6.04 Å². The maximum absolute atomic E-state index is 12.9. The molecule has 1 aromatic rings. The van der Waals surface area contributed by atoms with Gasteiger partial charge in [0, 0.05) is 71.5 Å². The Labute approximate surface area is 222 Å². The molecule has 3 fully saturated rings. The van der Waals surface area contributed by atoms with E-state index in [1.54, 1.807) is 14.1 Å². The number of anilines is 3. The first-order chi connectivity index (χ1) is 18.3. The summed E-state index contributed by atoms with van der Waals surface area (Å²) < 4.78 is 0. The number of carbonyl (C=O) groups is 5. The lowest BCUT2D eigenvalue weighted by Gasteiger charge is -2.39. The second-order valence-corrected chi connectivity index (χ2v) is 10.2. The molecule has 12 heteroatoms. The fraction of sp³-hybridized carbons (Fsp3) is 0.577. The highest BCUT2D eigenvalue weighted by Gasteiger charge is 2.32. The second-order valence-electron chi connectivity index (χ2n) is 10.2. The van der Waals surface area contributed by atoms with Crippen LogP contribution < -0.4 is 25.3 Å². The Morgan fingerprint density at radius 1 is 1.03 bits per heavy atom. The first kappa shape index (κ1) is 27.4. The van der Waals surface area contributed by atoms with E-state index in [9.17, 15) is 24.0 Å². The van der Waals surface area contributed by atoms with E-state index in [0.29, 0.717) is 44.8 Å². The van der Waals surface area contributed by atoms with Crippen molar-refractivity contribution in [2.75, 3.05) is 74.6 Å². The van der Waals surface area contributed by atoms with Crippen molar-refractivity contribution in [3.8, 4) is 0 Å². The van der Waals surface area contributed by atoms with Crippen LogP contribution in [0.25, 0.3) is 0 Å². The number of benzene rings is 1. The summed E-state index contributed by atoms with van der Waals surface area (Å²) >= 11 is 0. The molecule has 3 saturated heterocycles. The maximum Gasteiger partial charge on any atom is 0.249 e. The summed E-state index contributed by atoms with van der Waals surface area (Å²) in [7, 11) is 3.46. The fourth-order valence-electron chi connectivity index (χ4n) is 5.42. The predicted molar refractivity (Wildman–Crippen MR) is 143 cm³/mol. The van der Waals surface area contributed by atoms with Crippen molar-refractivity contribution in [2.45, 2.75) is 37.8 Å². The molecule has 0 spiro atoms. The third-order valence-corrected chi connectivity index (χ3v) is 7.80. The average molecular weight is 528 g/mol. The Morgan fingerprint density at radius 3 is 2.37 bits per heavy atom. The zero-order valence-corrected chi connectivity index (χ0v) is 22.1. The third kappa shape index (κ3) is 6.24. The minimum Gasteiger partial charge on any atom is -0.368 e. The topological polar surface area (TPSA) is 126 Å². The molecule has 0 aromatic heterocycles. The zero-order chi connectivity index (χ0) is 27.2. The molecular weight excluding hydrogens is 490 g/mol. The summed E-state index contributed by atoms with van der Waals surface area (Å²) in [4.78, 5) is 68.8. The fourth-order valence-corrected chi connectivity index (χ4v) is 5.42. The average Bonchev–Trinajstić information content (AvgIpc) is 2.93. The molecule has 0 aliphatic carbocycles. The smallest absolute Gasteiger partial charge is 0.249 e.